The van der Waals surface area contributed by atoms with Gasteiger partial charge in [0.25, 0.3) is 10.0 Å². The van der Waals surface area contributed by atoms with Crippen molar-refractivity contribution in [1.82, 2.24) is 0 Å². The fraction of sp³-hybridized carbons (Fsp3) is 0.154. The summed E-state index contributed by atoms with van der Waals surface area (Å²) in [6, 6.07) is 13.7. The van der Waals surface area contributed by atoms with Gasteiger partial charge in [-0.05, 0) is 55.0 Å². The molecule has 0 bridgehead atoms. The number of rotatable bonds is 7. The van der Waals surface area contributed by atoms with Crippen LogP contribution in [-0.2, 0) is 27.5 Å². The van der Waals surface area contributed by atoms with E-state index in [9.17, 15) is 35.6 Å². The number of thiophene rings is 1. The van der Waals surface area contributed by atoms with Crippen LogP contribution < -0.4 is 4.31 Å². The lowest BCUT2D eigenvalue weighted by Crippen LogP contribution is -2.31. The maximum Gasteiger partial charge on any atom is 0.419 e. The van der Waals surface area contributed by atoms with E-state index in [1.165, 1.54) is 19.1 Å². The summed E-state index contributed by atoms with van der Waals surface area (Å²) in [6.45, 7) is 0.630. The molecule has 0 fully saturated rings. The summed E-state index contributed by atoms with van der Waals surface area (Å²) in [5, 5.41) is 0.477. The van der Waals surface area contributed by atoms with Crippen LogP contribution in [0, 0.1) is 5.82 Å². The summed E-state index contributed by atoms with van der Waals surface area (Å²) < 4.78 is 87.9. The number of benzene rings is 3. The van der Waals surface area contributed by atoms with E-state index in [-0.39, 0.29) is 26.6 Å². The van der Waals surface area contributed by atoms with Gasteiger partial charge in [-0.2, -0.15) is 13.2 Å². The van der Waals surface area contributed by atoms with Gasteiger partial charge in [0, 0.05) is 10.1 Å². The van der Waals surface area contributed by atoms with E-state index in [4.69, 9.17) is 0 Å². The Morgan fingerprint density at radius 2 is 1.66 bits per heavy atom. The first kappa shape index (κ1) is 27.3. The molecule has 0 radical (unpaired) electrons. The quantitative estimate of drug-likeness (QED) is 0.146. The Hall–Kier alpha value is -3.77. The molecule has 0 aliphatic rings. The average Bonchev–Trinajstić information content (AvgIpc) is 3.26. The molecule has 198 valence electrons. The van der Waals surface area contributed by atoms with Gasteiger partial charge >= 0.3 is 12.1 Å². The number of ether oxygens (including phenoxy) is 1. The van der Waals surface area contributed by atoms with Gasteiger partial charge in [0.2, 0.25) is 0 Å². The van der Waals surface area contributed by atoms with Gasteiger partial charge in [0.15, 0.2) is 5.78 Å². The van der Waals surface area contributed by atoms with E-state index in [0.29, 0.717) is 22.2 Å². The van der Waals surface area contributed by atoms with Crippen molar-refractivity contribution in [1.29, 1.82) is 0 Å². The molecule has 0 saturated carbocycles. The van der Waals surface area contributed by atoms with Crippen LogP contribution in [0.4, 0.5) is 22.6 Å². The van der Waals surface area contributed by atoms with Gasteiger partial charge in [0.05, 0.1) is 35.2 Å². The zero-order valence-electron chi connectivity index (χ0n) is 19.9. The minimum atomic E-state index is -5.00. The molecule has 0 aliphatic carbocycles. The number of carbonyl (C=O) groups is 2. The minimum absolute atomic E-state index is 0.00590. The van der Waals surface area contributed by atoms with Crippen molar-refractivity contribution < 1.29 is 40.3 Å². The number of ketones is 1. The fourth-order valence-corrected chi connectivity index (χ4v) is 6.80. The van der Waals surface area contributed by atoms with Crippen LogP contribution in [0.5, 0.6) is 0 Å². The highest BCUT2D eigenvalue weighted by atomic mass is 32.2. The first-order valence-electron chi connectivity index (χ1n) is 10.9. The summed E-state index contributed by atoms with van der Waals surface area (Å²) in [7, 11) is -3.34. The maximum absolute atomic E-state index is 13.9. The second-order valence-corrected chi connectivity index (χ2v) is 11.1. The third-order valence-electron chi connectivity index (χ3n) is 5.68. The average molecular weight is 566 g/mol. The number of esters is 1. The van der Waals surface area contributed by atoms with Gasteiger partial charge in [-0.15, -0.1) is 11.3 Å². The third kappa shape index (κ3) is 5.14. The second kappa shape index (κ2) is 10.2. The van der Waals surface area contributed by atoms with Crippen molar-refractivity contribution in [2.45, 2.75) is 24.5 Å². The minimum Gasteiger partial charge on any atom is -0.465 e. The molecular formula is C26H19F4NO5S2. The van der Waals surface area contributed by atoms with Gasteiger partial charge in [0.1, 0.15) is 10.8 Å². The van der Waals surface area contributed by atoms with Gasteiger partial charge in [-0.3, -0.25) is 9.10 Å². The van der Waals surface area contributed by atoms with Crippen molar-refractivity contribution in [3.05, 3.63) is 94.8 Å². The third-order valence-corrected chi connectivity index (χ3v) is 8.75. The van der Waals surface area contributed by atoms with Crippen LogP contribution in [0.25, 0.3) is 10.1 Å². The summed E-state index contributed by atoms with van der Waals surface area (Å²) in [5.41, 5.74) is -1.53. The van der Waals surface area contributed by atoms with Crippen molar-refractivity contribution in [3.8, 4) is 0 Å². The number of halogens is 4. The summed E-state index contributed by atoms with van der Waals surface area (Å²) in [5.74, 6) is -2.64. The molecule has 0 amide bonds. The van der Waals surface area contributed by atoms with Crippen LogP contribution in [0.1, 0.15) is 38.8 Å². The van der Waals surface area contributed by atoms with E-state index in [1.54, 1.807) is 24.3 Å². The van der Waals surface area contributed by atoms with E-state index in [0.717, 1.165) is 41.0 Å². The predicted octanol–water partition coefficient (Wildman–Crippen LogP) is 6.44. The standard InChI is InChI=1S/C26H19F4NO5S2/c1-15(32)23-19-5-3-4-6-22(19)37-24(23)31(14-16-7-12-21(27)20(13-16)26(28,29)30)38(34,35)18-10-8-17(9-11-18)25(33)36-2/h3-13H,14H2,1-2H3. The van der Waals surface area contributed by atoms with Crippen LogP contribution in [0.15, 0.2) is 71.6 Å². The number of hydrogen-bond acceptors (Lipinski definition) is 6. The van der Waals surface area contributed by atoms with E-state index in [1.807, 2.05) is 0 Å². The molecular weight excluding hydrogens is 546 g/mol. The van der Waals surface area contributed by atoms with Gasteiger partial charge < -0.3 is 4.74 Å². The maximum atomic E-state index is 13.9. The molecule has 0 aliphatic heterocycles. The Kier molecular flexibility index (Phi) is 7.31. The van der Waals surface area contributed by atoms with Crippen molar-refractivity contribution in [2.75, 3.05) is 11.4 Å². The van der Waals surface area contributed by atoms with E-state index < -0.39 is 45.9 Å². The first-order valence-corrected chi connectivity index (χ1v) is 13.2. The Morgan fingerprint density at radius 3 is 2.26 bits per heavy atom. The molecule has 0 spiro atoms. The second-order valence-electron chi connectivity index (χ2n) is 8.17. The number of nitrogens with zero attached hydrogens (tertiary/aromatic N) is 1. The van der Waals surface area contributed by atoms with Crippen molar-refractivity contribution >= 4 is 48.2 Å². The van der Waals surface area contributed by atoms with Crippen LogP contribution in [0.3, 0.4) is 0 Å². The highest BCUT2D eigenvalue weighted by Gasteiger charge is 2.36. The zero-order chi connectivity index (χ0) is 27.8. The molecule has 4 rings (SSSR count). The number of carbonyl (C=O) groups excluding carboxylic acids is 2. The first-order chi connectivity index (χ1) is 17.8. The lowest BCUT2D eigenvalue weighted by atomic mass is 10.1. The number of fused-ring (bicyclic) bond motifs is 1. The lowest BCUT2D eigenvalue weighted by Gasteiger charge is -2.25. The Labute approximate surface area is 219 Å². The normalized spacial score (nSPS) is 11.9. The number of Topliss-reactive ketones (excluding diaryl/α,β-unsaturated/α-hetero) is 1. The van der Waals surface area contributed by atoms with E-state index >= 15 is 0 Å². The molecule has 4 aromatic rings. The predicted molar refractivity (Wildman–Crippen MR) is 134 cm³/mol. The molecule has 1 aromatic heterocycles. The Morgan fingerprint density at radius 1 is 1.00 bits per heavy atom. The molecule has 3 aromatic carbocycles. The smallest absolute Gasteiger partial charge is 0.419 e. The van der Waals surface area contributed by atoms with Gasteiger partial charge in [-0.25, -0.2) is 17.6 Å². The highest BCUT2D eigenvalue weighted by Crippen LogP contribution is 2.42. The highest BCUT2D eigenvalue weighted by molar-refractivity contribution is 7.93. The van der Waals surface area contributed by atoms with Crippen LogP contribution in [0.2, 0.25) is 0 Å². The Bertz CT molecular complexity index is 1640. The van der Waals surface area contributed by atoms with E-state index in [2.05, 4.69) is 4.74 Å². The molecule has 0 N–H and O–H groups in total. The number of sulfonamides is 1. The van der Waals surface area contributed by atoms with Crippen LogP contribution >= 0.6 is 11.3 Å². The molecule has 1 heterocycles. The van der Waals surface area contributed by atoms with Crippen molar-refractivity contribution in [3.63, 3.8) is 0 Å². The van der Waals surface area contributed by atoms with Crippen LogP contribution in [-0.4, -0.2) is 27.3 Å². The molecule has 12 heteroatoms. The topological polar surface area (TPSA) is 80.8 Å². The Balaban J connectivity index is 1.92. The monoisotopic (exact) mass is 565 g/mol. The summed E-state index contributed by atoms with van der Waals surface area (Å²) in [4.78, 5) is 24.2. The number of hydrogen-bond donors (Lipinski definition) is 0. The lowest BCUT2D eigenvalue weighted by molar-refractivity contribution is -0.140. The van der Waals surface area contributed by atoms with Crippen molar-refractivity contribution in [2.24, 2.45) is 0 Å². The molecule has 6 nitrogen and oxygen atoms in total. The molecule has 0 saturated heterocycles. The number of methoxy groups -OCH3 is 1. The summed E-state index contributed by atoms with van der Waals surface area (Å²) >= 11 is 0.981. The molecule has 0 unspecified atom stereocenters. The zero-order valence-corrected chi connectivity index (χ0v) is 21.5. The molecule has 38 heavy (non-hydrogen) atoms. The number of alkyl halides is 3. The summed E-state index contributed by atoms with van der Waals surface area (Å²) in [6.07, 6.45) is -5.00. The SMILES string of the molecule is COC(=O)c1ccc(S(=O)(=O)N(Cc2ccc(F)c(C(F)(F)F)c2)c2sc3ccccc3c2C(C)=O)cc1. The largest absolute Gasteiger partial charge is 0.465 e. The fourth-order valence-electron chi connectivity index (χ4n) is 3.88. The van der Waals surface area contributed by atoms with Gasteiger partial charge in [-0.1, -0.05) is 24.3 Å². The number of anilines is 1. The molecule has 0 atom stereocenters.